The fourth-order valence-electron chi connectivity index (χ4n) is 3.95. The highest BCUT2D eigenvalue weighted by atomic mass is 16.5. The monoisotopic (exact) mass is 408 g/mol. The first-order chi connectivity index (χ1) is 14.2. The van der Waals surface area contributed by atoms with E-state index < -0.39 is 51.7 Å². The highest BCUT2D eigenvalue weighted by Crippen LogP contribution is 2.50. The Bertz CT molecular complexity index is 1300. The van der Waals surface area contributed by atoms with Crippen LogP contribution in [0.5, 0.6) is 23.0 Å². The molecular weight excluding hydrogens is 392 g/mol. The number of methoxy groups -OCH3 is 1. The fraction of sp³-hybridized carbons (Fsp3) is 0.136. The van der Waals surface area contributed by atoms with Crippen molar-refractivity contribution in [2.75, 3.05) is 7.11 Å². The van der Waals surface area contributed by atoms with Crippen molar-refractivity contribution in [3.63, 3.8) is 0 Å². The summed E-state index contributed by atoms with van der Waals surface area (Å²) in [6.07, 6.45) is 0.371. The molecule has 1 aliphatic carbocycles. The van der Waals surface area contributed by atoms with Crippen LogP contribution in [-0.2, 0) is 11.2 Å². The van der Waals surface area contributed by atoms with Gasteiger partial charge in [0.2, 0.25) is 0 Å². The number of aromatic hydroxyl groups is 4. The predicted molar refractivity (Wildman–Crippen MR) is 105 cm³/mol. The Morgan fingerprint density at radius 2 is 1.37 bits per heavy atom. The molecule has 1 aliphatic rings. The van der Waals surface area contributed by atoms with Crippen LogP contribution in [-0.4, -0.2) is 45.1 Å². The van der Waals surface area contributed by atoms with Crippen LogP contribution in [0.4, 0.5) is 0 Å². The number of carbonyl (C=O) groups is 3. The number of hydrogen-bond acceptors (Lipinski definition) is 8. The predicted octanol–water partition coefficient (Wildman–Crippen LogP) is 2.79. The minimum absolute atomic E-state index is 0.0967. The van der Waals surface area contributed by atoms with Gasteiger partial charge >= 0.3 is 5.97 Å². The minimum atomic E-state index is -0.882. The fourth-order valence-corrected chi connectivity index (χ4v) is 3.95. The number of ether oxygens (including phenoxy) is 1. The molecule has 0 unspecified atom stereocenters. The van der Waals surface area contributed by atoms with E-state index in [4.69, 9.17) is 4.74 Å². The number of ketones is 2. The quantitative estimate of drug-likeness (QED) is 0.293. The number of hydrogen-bond donors (Lipinski definition) is 4. The number of esters is 1. The highest BCUT2D eigenvalue weighted by Gasteiger charge is 2.40. The van der Waals surface area contributed by atoms with Crippen molar-refractivity contribution < 1.29 is 39.5 Å². The van der Waals surface area contributed by atoms with E-state index in [1.807, 2.05) is 0 Å². The van der Waals surface area contributed by atoms with E-state index in [1.54, 1.807) is 6.92 Å². The Hall–Kier alpha value is -4.07. The summed E-state index contributed by atoms with van der Waals surface area (Å²) in [6, 6.07) is 5.03. The summed E-state index contributed by atoms with van der Waals surface area (Å²) in [5, 5.41) is 41.0. The molecule has 0 aromatic heterocycles. The van der Waals surface area contributed by atoms with Gasteiger partial charge in [-0.2, -0.15) is 0 Å². The summed E-state index contributed by atoms with van der Waals surface area (Å²) in [7, 11) is 1.14. The van der Waals surface area contributed by atoms with Gasteiger partial charge in [-0.25, -0.2) is 4.79 Å². The van der Waals surface area contributed by atoms with Crippen molar-refractivity contribution in [3.8, 4) is 23.0 Å². The van der Waals surface area contributed by atoms with Gasteiger partial charge in [-0.1, -0.05) is 13.0 Å². The number of phenolic OH excluding ortho intramolecular Hbond substituents is 4. The molecule has 0 radical (unpaired) electrons. The van der Waals surface area contributed by atoms with E-state index in [0.717, 1.165) is 19.2 Å². The smallest absolute Gasteiger partial charge is 0.338 e. The third-order valence-electron chi connectivity index (χ3n) is 5.35. The van der Waals surface area contributed by atoms with E-state index in [9.17, 15) is 34.8 Å². The second-order valence-corrected chi connectivity index (χ2v) is 6.83. The number of rotatable bonds is 2. The molecule has 8 heteroatoms. The molecule has 0 fully saturated rings. The number of phenols is 4. The summed E-state index contributed by atoms with van der Waals surface area (Å²) in [5.74, 6) is -5.07. The molecule has 4 rings (SSSR count). The lowest BCUT2D eigenvalue weighted by molar-refractivity contribution is 0.0596. The van der Waals surface area contributed by atoms with Crippen molar-refractivity contribution in [1.29, 1.82) is 0 Å². The SMILES string of the molecule is CCc1ccc2c(c1C(=O)OC)C(=O)c1c(c(O)c3c(O)ccc(O)c3c1O)C2=O. The molecule has 0 atom stereocenters. The molecule has 0 aliphatic heterocycles. The maximum Gasteiger partial charge on any atom is 0.338 e. The van der Waals surface area contributed by atoms with Crippen LogP contribution in [0.15, 0.2) is 24.3 Å². The van der Waals surface area contributed by atoms with E-state index in [1.165, 1.54) is 12.1 Å². The highest BCUT2D eigenvalue weighted by molar-refractivity contribution is 6.34. The maximum absolute atomic E-state index is 13.4. The first kappa shape index (κ1) is 19.3. The normalized spacial score (nSPS) is 12.6. The summed E-state index contributed by atoms with van der Waals surface area (Å²) >= 11 is 0. The molecule has 8 nitrogen and oxygen atoms in total. The molecule has 0 spiro atoms. The Balaban J connectivity index is 2.18. The van der Waals surface area contributed by atoms with Crippen molar-refractivity contribution in [1.82, 2.24) is 0 Å². The standard InChI is InChI=1S/C22H16O8/c1-3-8-4-5-9-13(12(8)22(29)30-2)19(26)17-16(18(9)25)20(27)14-10(23)6-7-11(24)15(14)21(17)28/h4-7,23-24,27-28H,3H2,1-2H3. The molecule has 3 aromatic rings. The van der Waals surface area contributed by atoms with E-state index >= 15 is 0 Å². The first-order valence-electron chi connectivity index (χ1n) is 9.00. The Morgan fingerprint density at radius 3 is 1.87 bits per heavy atom. The molecular formula is C22H16O8. The zero-order chi connectivity index (χ0) is 21.9. The molecule has 0 amide bonds. The van der Waals surface area contributed by atoms with E-state index in [0.29, 0.717) is 12.0 Å². The maximum atomic E-state index is 13.4. The van der Waals surface area contributed by atoms with Crippen molar-refractivity contribution >= 4 is 28.3 Å². The van der Waals surface area contributed by atoms with Gasteiger partial charge in [-0.3, -0.25) is 9.59 Å². The molecule has 0 heterocycles. The van der Waals surface area contributed by atoms with Gasteiger partial charge in [0.1, 0.15) is 23.0 Å². The largest absolute Gasteiger partial charge is 0.507 e. The third kappa shape index (κ3) is 2.30. The van der Waals surface area contributed by atoms with Crippen LogP contribution in [0, 0.1) is 0 Å². The molecule has 0 bridgehead atoms. The summed E-state index contributed by atoms with van der Waals surface area (Å²) in [4.78, 5) is 39.0. The first-order valence-corrected chi connectivity index (χ1v) is 9.00. The van der Waals surface area contributed by atoms with Gasteiger partial charge in [-0.15, -0.1) is 0 Å². The Kier molecular flexibility index (Phi) is 4.16. The lowest BCUT2D eigenvalue weighted by Crippen LogP contribution is -2.26. The van der Waals surface area contributed by atoms with Gasteiger partial charge in [0, 0.05) is 11.1 Å². The Labute approximate surface area is 169 Å². The van der Waals surface area contributed by atoms with Gasteiger partial charge in [0.25, 0.3) is 0 Å². The van der Waals surface area contributed by atoms with Gasteiger partial charge in [-0.05, 0) is 30.2 Å². The van der Waals surface area contributed by atoms with Crippen LogP contribution < -0.4 is 0 Å². The van der Waals surface area contributed by atoms with Crippen LogP contribution >= 0.6 is 0 Å². The van der Waals surface area contributed by atoms with Crippen LogP contribution in [0.1, 0.15) is 54.7 Å². The van der Waals surface area contributed by atoms with Gasteiger partial charge in [0.15, 0.2) is 11.6 Å². The van der Waals surface area contributed by atoms with E-state index in [-0.39, 0.29) is 27.5 Å². The molecule has 3 aromatic carbocycles. The lowest BCUT2D eigenvalue weighted by atomic mass is 9.78. The average molecular weight is 408 g/mol. The second kappa shape index (κ2) is 6.48. The van der Waals surface area contributed by atoms with E-state index in [2.05, 4.69) is 0 Å². The molecule has 152 valence electrons. The topological polar surface area (TPSA) is 141 Å². The Morgan fingerprint density at radius 1 is 0.833 bits per heavy atom. The number of aryl methyl sites for hydroxylation is 1. The number of carbonyl (C=O) groups excluding carboxylic acids is 3. The molecule has 4 N–H and O–H groups in total. The van der Waals surface area contributed by atoms with Gasteiger partial charge in [0.05, 0.1) is 34.6 Å². The third-order valence-corrected chi connectivity index (χ3v) is 5.35. The zero-order valence-corrected chi connectivity index (χ0v) is 15.9. The van der Waals surface area contributed by atoms with Crippen LogP contribution in [0.25, 0.3) is 10.8 Å². The zero-order valence-electron chi connectivity index (χ0n) is 15.9. The average Bonchev–Trinajstić information content (AvgIpc) is 2.74. The van der Waals surface area contributed by atoms with Crippen molar-refractivity contribution in [2.45, 2.75) is 13.3 Å². The molecule has 30 heavy (non-hydrogen) atoms. The summed E-state index contributed by atoms with van der Waals surface area (Å²) < 4.78 is 4.79. The van der Waals surface area contributed by atoms with Crippen LogP contribution in [0.3, 0.4) is 0 Å². The number of fused-ring (bicyclic) bond motifs is 3. The van der Waals surface area contributed by atoms with Crippen LogP contribution in [0.2, 0.25) is 0 Å². The summed E-state index contributed by atoms with van der Waals surface area (Å²) in [5.41, 5.74) is -1.09. The summed E-state index contributed by atoms with van der Waals surface area (Å²) in [6.45, 7) is 1.76. The van der Waals surface area contributed by atoms with Crippen molar-refractivity contribution in [3.05, 3.63) is 57.6 Å². The second-order valence-electron chi connectivity index (χ2n) is 6.83. The number of benzene rings is 3. The molecule has 0 saturated heterocycles. The lowest BCUT2D eigenvalue weighted by Gasteiger charge is -2.24. The van der Waals surface area contributed by atoms with Crippen molar-refractivity contribution in [2.24, 2.45) is 0 Å². The van der Waals surface area contributed by atoms with Gasteiger partial charge < -0.3 is 25.2 Å². The minimum Gasteiger partial charge on any atom is -0.507 e. The molecule has 0 saturated carbocycles.